The molecule has 7 nitrogen and oxygen atoms in total. The van der Waals surface area contributed by atoms with Gasteiger partial charge in [-0.15, -0.1) is 0 Å². The molecule has 0 fully saturated rings. The van der Waals surface area contributed by atoms with Crippen molar-refractivity contribution in [1.29, 1.82) is 0 Å². The number of urea groups is 1. The Balaban J connectivity index is 2.45. The molecule has 0 aliphatic carbocycles. The first-order chi connectivity index (χ1) is 10.3. The number of carboxylic acids is 1. The van der Waals surface area contributed by atoms with Crippen LogP contribution in [0.4, 0.5) is 4.79 Å². The number of pyridine rings is 1. The minimum absolute atomic E-state index is 0.0583. The molecule has 0 aliphatic heterocycles. The zero-order valence-electron chi connectivity index (χ0n) is 13.4. The smallest absolute Gasteiger partial charge is 0.317 e. The van der Waals surface area contributed by atoms with Gasteiger partial charge in [0.25, 0.3) is 0 Å². The highest BCUT2D eigenvalue weighted by molar-refractivity contribution is 5.75. The van der Waals surface area contributed by atoms with Crippen LogP contribution in [0.25, 0.3) is 0 Å². The van der Waals surface area contributed by atoms with Crippen molar-refractivity contribution in [1.82, 2.24) is 15.2 Å². The summed E-state index contributed by atoms with van der Waals surface area (Å²) in [6.45, 7) is 5.87. The number of carbonyl (C=O) groups excluding carboxylic acids is 1. The number of hydrogen-bond acceptors (Lipinski definition) is 4. The quantitative estimate of drug-likeness (QED) is 0.800. The molecule has 1 unspecified atom stereocenters. The highest BCUT2D eigenvalue weighted by atomic mass is 16.5. The number of nitrogens with zero attached hydrogens (tertiary/aromatic N) is 2. The maximum Gasteiger partial charge on any atom is 0.317 e. The molecule has 7 heteroatoms. The summed E-state index contributed by atoms with van der Waals surface area (Å²) < 4.78 is 5.44. The average molecular weight is 309 g/mol. The second-order valence-electron chi connectivity index (χ2n) is 5.45. The Labute approximate surface area is 130 Å². The summed E-state index contributed by atoms with van der Waals surface area (Å²) in [7, 11) is 1.56. The Kier molecular flexibility index (Phi) is 6.62. The first-order valence-corrected chi connectivity index (χ1v) is 7.13. The van der Waals surface area contributed by atoms with Crippen LogP contribution in [0, 0.1) is 5.92 Å². The van der Waals surface area contributed by atoms with Crippen LogP contribution in [0.1, 0.15) is 26.3 Å². The lowest BCUT2D eigenvalue weighted by Crippen LogP contribution is -2.40. The van der Waals surface area contributed by atoms with Crippen LogP contribution >= 0.6 is 0 Å². The monoisotopic (exact) mass is 309 g/mol. The first-order valence-electron chi connectivity index (χ1n) is 7.13. The van der Waals surface area contributed by atoms with Crippen molar-refractivity contribution in [2.45, 2.75) is 33.4 Å². The number of rotatable bonds is 7. The SMILES string of the molecule is CC(C)Oc1ccc(CNC(=O)N(C)CC(C)C(=O)O)cn1. The van der Waals surface area contributed by atoms with Gasteiger partial charge in [-0.1, -0.05) is 13.0 Å². The molecule has 1 atom stereocenters. The van der Waals surface area contributed by atoms with Gasteiger partial charge >= 0.3 is 12.0 Å². The maximum absolute atomic E-state index is 11.9. The van der Waals surface area contributed by atoms with Crippen LogP contribution < -0.4 is 10.1 Å². The number of aromatic nitrogens is 1. The Bertz CT molecular complexity index is 502. The van der Waals surface area contributed by atoms with Crippen molar-refractivity contribution >= 4 is 12.0 Å². The van der Waals surface area contributed by atoms with Crippen LogP contribution in [-0.4, -0.2) is 46.7 Å². The summed E-state index contributed by atoms with van der Waals surface area (Å²) in [6.07, 6.45) is 1.70. The summed E-state index contributed by atoms with van der Waals surface area (Å²) in [6, 6.07) is 3.25. The molecule has 1 heterocycles. The molecule has 0 aliphatic rings. The lowest BCUT2D eigenvalue weighted by molar-refractivity contribution is -0.141. The predicted molar refractivity (Wildman–Crippen MR) is 81.7 cm³/mol. The van der Waals surface area contributed by atoms with Gasteiger partial charge < -0.3 is 20.1 Å². The maximum atomic E-state index is 11.9. The highest BCUT2D eigenvalue weighted by Gasteiger charge is 2.17. The molecule has 0 aromatic carbocycles. The van der Waals surface area contributed by atoms with Crippen molar-refractivity contribution < 1.29 is 19.4 Å². The van der Waals surface area contributed by atoms with Crippen molar-refractivity contribution in [3.05, 3.63) is 23.9 Å². The van der Waals surface area contributed by atoms with E-state index < -0.39 is 11.9 Å². The second-order valence-corrected chi connectivity index (χ2v) is 5.45. The second kappa shape index (κ2) is 8.21. The van der Waals surface area contributed by atoms with Gasteiger partial charge in [-0.3, -0.25) is 4.79 Å². The zero-order valence-corrected chi connectivity index (χ0v) is 13.4. The van der Waals surface area contributed by atoms with Gasteiger partial charge in [0.15, 0.2) is 0 Å². The molecule has 0 saturated carbocycles. The minimum Gasteiger partial charge on any atom is -0.481 e. The van der Waals surface area contributed by atoms with Gasteiger partial charge in [-0.2, -0.15) is 0 Å². The van der Waals surface area contributed by atoms with Gasteiger partial charge in [-0.05, 0) is 19.4 Å². The molecule has 0 bridgehead atoms. The van der Waals surface area contributed by atoms with E-state index in [1.54, 1.807) is 26.2 Å². The first kappa shape index (κ1) is 17.7. The van der Waals surface area contributed by atoms with Crippen LogP contribution in [0.2, 0.25) is 0 Å². The summed E-state index contributed by atoms with van der Waals surface area (Å²) >= 11 is 0. The lowest BCUT2D eigenvalue weighted by Gasteiger charge is -2.20. The third-order valence-corrected chi connectivity index (χ3v) is 2.91. The van der Waals surface area contributed by atoms with Crippen LogP contribution in [0.15, 0.2) is 18.3 Å². The number of ether oxygens (including phenoxy) is 1. The summed E-state index contributed by atoms with van der Waals surface area (Å²) in [5.74, 6) is -0.994. The van der Waals surface area contributed by atoms with E-state index in [1.165, 1.54) is 4.90 Å². The van der Waals surface area contributed by atoms with Gasteiger partial charge in [0.1, 0.15) is 0 Å². The van der Waals surface area contributed by atoms with Crippen molar-refractivity contribution in [2.75, 3.05) is 13.6 Å². The molecule has 1 aromatic heterocycles. The standard InChI is InChI=1S/C15H23N3O4/c1-10(2)22-13-6-5-12(7-16-13)8-17-15(21)18(4)9-11(3)14(19)20/h5-7,10-11H,8-9H2,1-4H3,(H,17,21)(H,19,20). The van der Waals surface area contributed by atoms with E-state index in [0.29, 0.717) is 12.4 Å². The van der Waals surface area contributed by atoms with Crippen molar-refractivity contribution in [2.24, 2.45) is 5.92 Å². The van der Waals surface area contributed by atoms with E-state index in [-0.39, 0.29) is 18.7 Å². The Hall–Kier alpha value is -2.31. The van der Waals surface area contributed by atoms with E-state index >= 15 is 0 Å². The lowest BCUT2D eigenvalue weighted by atomic mass is 10.2. The van der Waals surface area contributed by atoms with Crippen LogP contribution in [0.3, 0.4) is 0 Å². The van der Waals surface area contributed by atoms with Crippen molar-refractivity contribution in [3.8, 4) is 5.88 Å². The topological polar surface area (TPSA) is 91.8 Å². The van der Waals surface area contributed by atoms with E-state index in [2.05, 4.69) is 10.3 Å². The summed E-state index contributed by atoms with van der Waals surface area (Å²) in [4.78, 5) is 28.1. The molecule has 122 valence electrons. The molecular weight excluding hydrogens is 286 g/mol. The van der Waals surface area contributed by atoms with E-state index in [0.717, 1.165) is 5.56 Å². The summed E-state index contributed by atoms with van der Waals surface area (Å²) in [5, 5.41) is 11.5. The third-order valence-electron chi connectivity index (χ3n) is 2.91. The minimum atomic E-state index is -0.926. The molecule has 2 amide bonds. The number of carboxylic acid groups (broad SMARTS) is 1. The number of nitrogens with one attached hydrogen (secondary N) is 1. The predicted octanol–water partition coefficient (Wildman–Crippen LogP) is 1.73. The molecular formula is C15H23N3O4. The largest absolute Gasteiger partial charge is 0.481 e. The van der Waals surface area contributed by atoms with Gasteiger partial charge in [0.05, 0.1) is 12.0 Å². The molecule has 0 radical (unpaired) electrons. The van der Waals surface area contributed by atoms with Crippen LogP contribution in [-0.2, 0) is 11.3 Å². The third kappa shape index (κ3) is 5.99. The number of hydrogen-bond donors (Lipinski definition) is 2. The van der Waals surface area contributed by atoms with Crippen molar-refractivity contribution in [3.63, 3.8) is 0 Å². The van der Waals surface area contributed by atoms with Gasteiger partial charge in [0.2, 0.25) is 5.88 Å². The molecule has 22 heavy (non-hydrogen) atoms. The van der Waals surface area contributed by atoms with Gasteiger partial charge in [-0.25, -0.2) is 9.78 Å². The number of amides is 2. The molecule has 0 spiro atoms. The molecule has 1 rings (SSSR count). The van der Waals surface area contributed by atoms with E-state index in [1.807, 2.05) is 19.9 Å². The Morgan fingerprint density at radius 3 is 2.55 bits per heavy atom. The number of carbonyl (C=O) groups is 2. The number of aliphatic carboxylic acids is 1. The van der Waals surface area contributed by atoms with E-state index in [4.69, 9.17) is 9.84 Å². The zero-order chi connectivity index (χ0) is 16.7. The average Bonchev–Trinajstić information content (AvgIpc) is 2.45. The normalized spacial score (nSPS) is 11.9. The Morgan fingerprint density at radius 1 is 1.36 bits per heavy atom. The fourth-order valence-electron chi connectivity index (χ4n) is 1.71. The van der Waals surface area contributed by atoms with Gasteiger partial charge in [0, 0.05) is 32.4 Å². The summed E-state index contributed by atoms with van der Waals surface area (Å²) in [5.41, 5.74) is 0.837. The Morgan fingerprint density at radius 2 is 2.05 bits per heavy atom. The highest BCUT2D eigenvalue weighted by Crippen LogP contribution is 2.09. The molecule has 0 saturated heterocycles. The molecule has 1 aromatic rings. The fourth-order valence-corrected chi connectivity index (χ4v) is 1.71. The molecule has 2 N–H and O–H groups in total. The van der Waals surface area contributed by atoms with E-state index in [9.17, 15) is 9.59 Å². The van der Waals surface area contributed by atoms with Crippen LogP contribution in [0.5, 0.6) is 5.88 Å². The fraction of sp³-hybridized carbons (Fsp3) is 0.533.